The molecule has 0 spiro atoms. The molecule has 0 saturated heterocycles. The molecule has 0 saturated carbocycles. The van der Waals surface area contributed by atoms with Gasteiger partial charge in [-0.1, -0.05) is 0 Å². The highest BCUT2D eigenvalue weighted by Crippen LogP contribution is 2.17. The third kappa shape index (κ3) is 3.12. The largest absolute Gasteiger partial charge is 0.350 e. The van der Waals surface area contributed by atoms with E-state index in [0.717, 1.165) is 27.4 Å². The predicted octanol–water partition coefficient (Wildman–Crippen LogP) is 1.86. The van der Waals surface area contributed by atoms with E-state index in [1.165, 1.54) is 4.88 Å². The van der Waals surface area contributed by atoms with Gasteiger partial charge in [-0.05, 0) is 20.8 Å². The van der Waals surface area contributed by atoms with Gasteiger partial charge in [0.25, 0.3) is 0 Å². The van der Waals surface area contributed by atoms with E-state index < -0.39 is 0 Å². The Bertz CT molecular complexity index is 839. The maximum Gasteiger partial charge on any atom is 0.222 e. The summed E-state index contributed by atoms with van der Waals surface area (Å²) in [6.45, 7) is 7.00. The number of rotatable bonds is 5. The molecule has 0 aliphatic carbocycles. The zero-order valence-corrected chi connectivity index (χ0v) is 14.6. The van der Waals surface area contributed by atoms with Crippen LogP contribution in [0.25, 0.3) is 11.0 Å². The van der Waals surface area contributed by atoms with Crippen LogP contribution in [0.5, 0.6) is 0 Å². The van der Waals surface area contributed by atoms with Crippen LogP contribution >= 0.6 is 11.3 Å². The van der Waals surface area contributed by atoms with Crippen molar-refractivity contribution in [2.24, 2.45) is 7.05 Å². The van der Waals surface area contributed by atoms with Gasteiger partial charge in [0.15, 0.2) is 0 Å². The van der Waals surface area contributed by atoms with Gasteiger partial charge >= 0.3 is 0 Å². The van der Waals surface area contributed by atoms with E-state index in [1.54, 1.807) is 22.2 Å². The number of fused-ring (bicyclic) bond motifs is 1. The molecule has 122 valence electrons. The van der Waals surface area contributed by atoms with Crippen LogP contribution in [0.4, 0.5) is 0 Å². The lowest BCUT2D eigenvalue weighted by molar-refractivity contribution is -0.121. The van der Waals surface area contributed by atoms with E-state index >= 15 is 0 Å². The third-order valence-electron chi connectivity index (χ3n) is 3.87. The monoisotopic (exact) mass is 332 g/mol. The molecule has 23 heavy (non-hydrogen) atoms. The number of nitrogens with zero attached hydrogens (tertiary/aromatic N) is 5. The first kappa shape index (κ1) is 15.7. The van der Waals surface area contributed by atoms with Gasteiger partial charge in [-0.25, -0.2) is 4.98 Å². The number of hydrogen-bond donors (Lipinski definition) is 1. The Hall–Kier alpha value is -2.22. The van der Waals surface area contributed by atoms with E-state index in [-0.39, 0.29) is 5.91 Å². The van der Waals surface area contributed by atoms with Gasteiger partial charge in [-0.15, -0.1) is 11.3 Å². The second-order valence-electron chi connectivity index (χ2n) is 5.59. The minimum Gasteiger partial charge on any atom is -0.350 e. The Kier molecular flexibility index (Phi) is 4.16. The molecule has 3 rings (SSSR count). The summed E-state index contributed by atoms with van der Waals surface area (Å²) < 4.78 is 3.65. The SMILES string of the molecule is Cc1nc(CNC(=O)CCn2ncc3c2c(C)nn3C)sc1C. The van der Waals surface area contributed by atoms with Gasteiger partial charge in [0, 0.05) is 18.3 Å². The second kappa shape index (κ2) is 6.11. The number of carbonyl (C=O) groups excluding carboxylic acids is 1. The van der Waals surface area contributed by atoms with E-state index in [2.05, 4.69) is 20.5 Å². The quantitative estimate of drug-likeness (QED) is 0.773. The van der Waals surface area contributed by atoms with Crippen LogP contribution in [0.15, 0.2) is 6.20 Å². The molecule has 0 aliphatic heterocycles. The Morgan fingerprint density at radius 3 is 2.78 bits per heavy atom. The topological polar surface area (TPSA) is 77.6 Å². The van der Waals surface area contributed by atoms with Crippen LogP contribution in [-0.2, 0) is 24.9 Å². The van der Waals surface area contributed by atoms with Gasteiger partial charge in [-0.2, -0.15) is 10.2 Å². The van der Waals surface area contributed by atoms with Crippen LogP contribution in [0, 0.1) is 20.8 Å². The molecule has 3 aromatic heterocycles. The lowest BCUT2D eigenvalue weighted by Gasteiger charge is -2.04. The first-order valence-corrected chi connectivity index (χ1v) is 8.32. The summed E-state index contributed by atoms with van der Waals surface area (Å²) in [5.74, 6) is 0.000648. The fourth-order valence-corrected chi connectivity index (χ4v) is 3.44. The van der Waals surface area contributed by atoms with Crippen molar-refractivity contribution in [1.82, 2.24) is 29.9 Å². The maximum absolute atomic E-state index is 12.0. The summed E-state index contributed by atoms with van der Waals surface area (Å²) in [5, 5.41) is 12.6. The summed E-state index contributed by atoms with van der Waals surface area (Å²) >= 11 is 1.62. The average molecular weight is 332 g/mol. The molecule has 1 N–H and O–H groups in total. The van der Waals surface area contributed by atoms with E-state index in [9.17, 15) is 4.79 Å². The van der Waals surface area contributed by atoms with Crippen molar-refractivity contribution in [2.45, 2.75) is 40.3 Å². The van der Waals surface area contributed by atoms with Crippen molar-refractivity contribution in [2.75, 3.05) is 0 Å². The van der Waals surface area contributed by atoms with Crippen molar-refractivity contribution >= 4 is 28.3 Å². The lowest BCUT2D eigenvalue weighted by Crippen LogP contribution is -2.24. The van der Waals surface area contributed by atoms with Crippen LogP contribution in [0.2, 0.25) is 0 Å². The highest BCUT2D eigenvalue weighted by Gasteiger charge is 2.12. The number of hydrogen-bond acceptors (Lipinski definition) is 5. The van der Waals surface area contributed by atoms with Crippen LogP contribution in [0.3, 0.4) is 0 Å². The standard InChI is InChI=1S/C15H20N6OS/c1-9-11(3)23-14(18-9)8-16-13(22)5-6-21-15-10(2)19-20(4)12(15)7-17-21/h7H,5-6,8H2,1-4H3,(H,16,22). The molecule has 0 radical (unpaired) electrons. The van der Waals surface area contributed by atoms with Gasteiger partial charge in [0.1, 0.15) is 16.0 Å². The number of aromatic nitrogens is 5. The number of amides is 1. The van der Waals surface area contributed by atoms with E-state index in [4.69, 9.17) is 0 Å². The van der Waals surface area contributed by atoms with Gasteiger partial charge in [-0.3, -0.25) is 14.2 Å². The first-order chi connectivity index (χ1) is 11.0. The predicted molar refractivity (Wildman–Crippen MR) is 89.3 cm³/mol. The molecule has 8 heteroatoms. The van der Waals surface area contributed by atoms with E-state index in [0.29, 0.717) is 19.5 Å². The molecule has 0 aromatic carbocycles. The molecule has 0 fully saturated rings. The molecule has 0 aliphatic rings. The summed E-state index contributed by atoms with van der Waals surface area (Å²) in [4.78, 5) is 17.7. The van der Waals surface area contributed by atoms with Gasteiger partial charge in [0.2, 0.25) is 5.91 Å². The molecule has 0 atom stereocenters. The molecular formula is C15H20N6OS. The Morgan fingerprint density at radius 1 is 1.30 bits per heavy atom. The van der Waals surface area contributed by atoms with Crippen LogP contribution in [-0.4, -0.2) is 30.5 Å². The normalized spacial score (nSPS) is 11.3. The molecule has 7 nitrogen and oxygen atoms in total. The van der Waals surface area contributed by atoms with E-state index in [1.807, 2.05) is 32.5 Å². The molecular weight excluding hydrogens is 312 g/mol. The second-order valence-corrected chi connectivity index (χ2v) is 6.87. The smallest absolute Gasteiger partial charge is 0.222 e. The minimum atomic E-state index is 0.000648. The fourth-order valence-electron chi connectivity index (χ4n) is 2.56. The minimum absolute atomic E-state index is 0.000648. The van der Waals surface area contributed by atoms with Crippen molar-refractivity contribution < 1.29 is 4.79 Å². The number of aryl methyl sites for hydroxylation is 5. The fraction of sp³-hybridized carbons (Fsp3) is 0.467. The summed E-state index contributed by atoms with van der Waals surface area (Å²) in [6, 6.07) is 0. The summed E-state index contributed by atoms with van der Waals surface area (Å²) in [5.41, 5.74) is 3.93. The highest BCUT2D eigenvalue weighted by atomic mass is 32.1. The number of nitrogens with one attached hydrogen (secondary N) is 1. The Morgan fingerprint density at radius 2 is 2.09 bits per heavy atom. The van der Waals surface area contributed by atoms with Gasteiger partial charge in [0.05, 0.1) is 30.7 Å². The first-order valence-electron chi connectivity index (χ1n) is 7.50. The lowest BCUT2D eigenvalue weighted by atomic mass is 10.3. The van der Waals surface area contributed by atoms with Crippen LogP contribution < -0.4 is 5.32 Å². The zero-order valence-electron chi connectivity index (χ0n) is 13.8. The van der Waals surface area contributed by atoms with Crippen molar-refractivity contribution in [3.05, 3.63) is 27.5 Å². The van der Waals surface area contributed by atoms with Gasteiger partial charge < -0.3 is 5.32 Å². The summed E-state index contributed by atoms with van der Waals surface area (Å²) in [7, 11) is 1.89. The van der Waals surface area contributed by atoms with Crippen molar-refractivity contribution in [3.8, 4) is 0 Å². The van der Waals surface area contributed by atoms with Crippen molar-refractivity contribution in [1.29, 1.82) is 0 Å². The molecule has 3 heterocycles. The number of carbonyl (C=O) groups is 1. The van der Waals surface area contributed by atoms with Crippen molar-refractivity contribution in [3.63, 3.8) is 0 Å². The molecule has 0 bridgehead atoms. The maximum atomic E-state index is 12.0. The third-order valence-corrected chi connectivity index (χ3v) is 4.94. The average Bonchev–Trinajstić information content (AvgIpc) is 3.14. The molecule has 0 unspecified atom stereocenters. The molecule has 1 amide bonds. The highest BCUT2D eigenvalue weighted by molar-refractivity contribution is 7.11. The van der Waals surface area contributed by atoms with Crippen LogP contribution in [0.1, 0.15) is 27.7 Å². The zero-order chi connectivity index (χ0) is 16.6. The molecule has 3 aromatic rings. The Balaban J connectivity index is 1.58. The number of thiazole rings is 1. The Labute approximate surface area is 138 Å². The summed E-state index contributed by atoms with van der Waals surface area (Å²) in [6.07, 6.45) is 2.17.